The smallest absolute Gasteiger partial charge is 0.325 e. The molecular weight excluding hydrogens is 450 g/mol. The molecule has 11 heteroatoms. The van der Waals surface area contributed by atoms with Crippen LogP contribution in [0.25, 0.3) is 0 Å². The number of nitrogens with zero attached hydrogens (tertiary/aromatic N) is 5. The highest BCUT2D eigenvalue weighted by atomic mass is 16.5. The number of hydrogen-bond acceptors (Lipinski definition) is 7. The summed E-state index contributed by atoms with van der Waals surface area (Å²) in [6.07, 6.45) is 8.58. The van der Waals surface area contributed by atoms with Crippen LogP contribution in [0.5, 0.6) is 0 Å². The molecule has 188 valence electrons. The second kappa shape index (κ2) is 10.4. The van der Waals surface area contributed by atoms with Gasteiger partial charge < -0.3 is 20.4 Å². The number of imide groups is 1. The molecule has 4 rings (SSSR count). The number of β-lactam (4-membered cyclic amide) rings is 1. The molecule has 2 unspecified atom stereocenters. The molecule has 35 heavy (non-hydrogen) atoms. The number of carbonyl (C=O) groups excluding carboxylic acids is 3. The van der Waals surface area contributed by atoms with Crippen molar-refractivity contribution in [2.75, 3.05) is 24.3 Å². The highest BCUT2D eigenvalue weighted by Crippen LogP contribution is 2.33. The van der Waals surface area contributed by atoms with E-state index in [-0.39, 0.29) is 24.5 Å². The van der Waals surface area contributed by atoms with Gasteiger partial charge in [0.25, 0.3) is 5.91 Å². The molecule has 0 bridgehead atoms. The number of aromatic nitrogens is 3. The number of anilines is 2. The van der Waals surface area contributed by atoms with E-state index in [4.69, 9.17) is 10.5 Å². The average molecular weight is 484 g/mol. The first-order valence-electron chi connectivity index (χ1n) is 12.0. The van der Waals surface area contributed by atoms with E-state index in [1.54, 1.807) is 49.4 Å². The first-order chi connectivity index (χ1) is 16.8. The summed E-state index contributed by atoms with van der Waals surface area (Å²) in [4.78, 5) is 50.8. The first-order valence-corrected chi connectivity index (χ1v) is 12.0. The number of likely N-dealkylation sites (tertiary alicyclic amines) is 1. The summed E-state index contributed by atoms with van der Waals surface area (Å²) < 4.78 is 7.56. The van der Waals surface area contributed by atoms with Gasteiger partial charge in [-0.25, -0.2) is 14.8 Å². The molecule has 0 radical (unpaired) electrons. The number of nitrogens with one attached hydrogen (secondary N) is 1. The van der Waals surface area contributed by atoms with Gasteiger partial charge in [0.15, 0.2) is 0 Å². The van der Waals surface area contributed by atoms with Crippen LogP contribution >= 0.6 is 0 Å². The lowest BCUT2D eigenvalue weighted by Crippen LogP contribution is -2.71. The van der Waals surface area contributed by atoms with Gasteiger partial charge in [-0.1, -0.05) is 6.92 Å². The molecule has 0 aliphatic carbocycles. The number of amides is 4. The number of carbonyl (C=O) groups is 3. The lowest BCUT2D eigenvalue weighted by molar-refractivity contribution is -0.156. The van der Waals surface area contributed by atoms with Crippen molar-refractivity contribution in [3.63, 3.8) is 0 Å². The van der Waals surface area contributed by atoms with Gasteiger partial charge in [0.1, 0.15) is 11.9 Å². The molecule has 2 aromatic rings. The van der Waals surface area contributed by atoms with Crippen molar-refractivity contribution in [1.29, 1.82) is 0 Å². The van der Waals surface area contributed by atoms with Crippen LogP contribution in [0.15, 0.2) is 30.7 Å². The summed E-state index contributed by atoms with van der Waals surface area (Å²) in [7, 11) is 3.37. The van der Waals surface area contributed by atoms with E-state index >= 15 is 0 Å². The number of aryl methyl sites for hydroxylation is 1. The molecule has 2 aromatic heterocycles. The summed E-state index contributed by atoms with van der Waals surface area (Å²) in [5, 5.41) is 2.95. The lowest BCUT2D eigenvalue weighted by atomic mass is 9.81. The van der Waals surface area contributed by atoms with Gasteiger partial charge in [0, 0.05) is 39.3 Å². The van der Waals surface area contributed by atoms with Crippen LogP contribution in [0.2, 0.25) is 0 Å². The molecule has 2 fully saturated rings. The summed E-state index contributed by atoms with van der Waals surface area (Å²) >= 11 is 0. The van der Waals surface area contributed by atoms with Crippen molar-refractivity contribution >= 4 is 29.6 Å². The largest absolute Gasteiger partial charge is 0.384 e. The van der Waals surface area contributed by atoms with E-state index in [9.17, 15) is 14.4 Å². The van der Waals surface area contributed by atoms with Gasteiger partial charge in [0.05, 0.1) is 18.1 Å². The predicted octanol–water partition coefficient (Wildman–Crippen LogP) is 1.49. The third-order valence-electron chi connectivity index (χ3n) is 6.83. The number of likely N-dealkylation sites (N-methyl/N-ethyl adjacent to an activating group) is 1. The zero-order valence-corrected chi connectivity index (χ0v) is 20.4. The highest BCUT2D eigenvalue weighted by Gasteiger charge is 2.55. The van der Waals surface area contributed by atoms with Crippen LogP contribution < -0.4 is 16.0 Å². The van der Waals surface area contributed by atoms with Crippen LogP contribution in [0.1, 0.15) is 38.2 Å². The number of nitrogens with two attached hydrogens (primary N) is 1. The Bertz CT molecular complexity index is 1080. The number of ether oxygens (including phenoxy) is 1. The molecule has 2 saturated heterocycles. The Kier molecular flexibility index (Phi) is 7.34. The molecule has 0 spiro atoms. The van der Waals surface area contributed by atoms with E-state index in [1.807, 2.05) is 6.92 Å². The minimum atomic E-state index is -0.969. The molecule has 2 aliphatic rings. The number of urea groups is 1. The van der Waals surface area contributed by atoms with E-state index in [2.05, 4.69) is 15.3 Å². The molecule has 11 nitrogen and oxygen atoms in total. The Morgan fingerprint density at radius 2 is 2.11 bits per heavy atom. The van der Waals surface area contributed by atoms with Crippen molar-refractivity contribution in [3.05, 3.63) is 36.3 Å². The van der Waals surface area contributed by atoms with E-state index in [1.165, 1.54) is 4.90 Å². The van der Waals surface area contributed by atoms with Crippen molar-refractivity contribution in [3.8, 4) is 0 Å². The number of nitrogen functional groups attached to an aromatic ring is 1. The minimum Gasteiger partial charge on any atom is -0.384 e. The Morgan fingerprint density at radius 1 is 1.31 bits per heavy atom. The van der Waals surface area contributed by atoms with Crippen molar-refractivity contribution < 1.29 is 19.1 Å². The Balaban J connectivity index is 1.56. The zero-order chi connectivity index (χ0) is 25.1. The lowest BCUT2D eigenvalue weighted by Gasteiger charge is -2.46. The van der Waals surface area contributed by atoms with Gasteiger partial charge in [-0.15, -0.1) is 0 Å². The molecule has 2 aliphatic heterocycles. The molecule has 0 saturated carbocycles. The SMILES string of the molecule is CCC(NC(=O)N1C(=O)[C@H](Cc2ccnc(N)c2)[C@H]1C(=O)N(C)c1nccn1C)C1CCCCO1. The predicted molar refractivity (Wildman–Crippen MR) is 129 cm³/mol. The Labute approximate surface area is 204 Å². The van der Waals surface area contributed by atoms with E-state index < -0.39 is 23.9 Å². The number of pyridine rings is 1. The van der Waals surface area contributed by atoms with Crippen molar-refractivity contribution in [2.45, 2.75) is 57.2 Å². The third-order valence-corrected chi connectivity index (χ3v) is 6.83. The van der Waals surface area contributed by atoms with Crippen LogP contribution in [-0.2, 0) is 27.8 Å². The first kappa shape index (κ1) is 24.6. The molecule has 4 atom stereocenters. The summed E-state index contributed by atoms with van der Waals surface area (Å²) in [5.74, 6) is -0.741. The van der Waals surface area contributed by atoms with Crippen molar-refractivity contribution in [2.24, 2.45) is 13.0 Å². The zero-order valence-electron chi connectivity index (χ0n) is 20.4. The number of hydrogen-bond donors (Lipinski definition) is 2. The molecule has 4 amide bonds. The quantitative estimate of drug-likeness (QED) is 0.570. The fraction of sp³-hybridized carbons (Fsp3) is 0.542. The molecular formula is C24H33N7O4. The van der Waals surface area contributed by atoms with E-state index in [0.29, 0.717) is 24.8 Å². The van der Waals surface area contributed by atoms with Gasteiger partial charge in [-0.3, -0.25) is 19.4 Å². The van der Waals surface area contributed by atoms with Gasteiger partial charge in [-0.05, 0) is 49.8 Å². The van der Waals surface area contributed by atoms with E-state index in [0.717, 1.165) is 29.7 Å². The van der Waals surface area contributed by atoms with Crippen LogP contribution in [0, 0.1) is 5.92 Å². The third kappa shape index (κ3) is 5.00. The van der Waals surface area contributed by atoms with Crippen molar-refractivity contribution in [1.82, 2.24) is 24.8 Å². The molecule has 4 heterocycles. The standard InChI is InChI=1S/C24H33N7O4/c1-4-17(18-7-5-6-12-35-18)28-24(34)31-20(22(33)30(3)23-27-10-11-29(23)2)16(21(31)32)13-15-8-9-26-19(25)14-15/h8-11,14,16-18,20H,4-7,12-13H2,1-3H3,(H2,25,26)(H,28,34)/t16-,17?,18?,20+/m1/s1. The summed E-state index contributed by atoms with van der Waals surface area (Å²) in [6.45, 7) is 2.63. The normalized spacial score (nSPS) is 22.9. The average Bonchev–Trinajstić information content (AvgIpc) is 3.29. The second-order valence-corrected chi connectivity index (χ2v) is 9.16. The maximum atomic E-state index is 13.6. The molecule has 0 aromatic carbocycles. The van der Waals surface area contributed by atoms with Gasteiger partial charge in [-0.2, -0.15) is 0 Å². The highest BCUT2D eigenvalue weighted by molar-refractivity contribution is 6.12. The van der Waals surface area contributed by atoms with Crippen LogP contribution in [0.3, 0.4) is 0 Å². The Hall–Kier alpha value is -3.47. The maximum absolute atomic E-state index is 13.6. The number of rotatable bonds is 7. The summed E-state index contributed by atoms with van der Waals surface area (Å²) in [6, 6.07) is 1.64. The monoisotopic (exact) mass is 483 g/mol. The maximum Gasteiger partial charge on any atom is 0.325 e. The van der Waals surface area contributed by atoms with Crippen LogP contribution in [-0.4, -0.2) is 69.1 Å². The second-order valence-electron chi connectivity index (χ2n) is 9.16. The van der Waals surface area contributed by atoms with Gasteiger partial charge in [0.2, 0.25) is 11.9 Å². The van der Waals surface area contributed by atoms with Crippen LogP contribution in [0.4, 0.5) is 16.6 Å². The fourth-order valence-corrected chi connectivity index (χ4v) is 4.88. The fourth-order valence-electron chi connectivity index (χ4n) is 4.88. The minimum absolute atomic E-state index is 0.103. The summed E-state index contributed by atoms with van der Waals surface area (Å²) in [5.41, 5.74) is 6.57. The number of imidazole rings is 1. The topological polar surface area (TPSA) is 136 Å². The Morgan fingerprint density at radius 3 is 2.74 bits per heavy atom. The molecule has 3 N–H and O–H groups in total. The van der Waals surface area contributed by atoms with Gasteiger partial charge >= 0.3 is 6.03 Å².